The van der Waals surface area contributed by atoms with E-state index in [0.29, 0.717) is 0 Å². The van der Waals surface area contributed by atoms with Crippen LogP contribution in [0.2, 0.25) is 0 Å². The van der Waals surface area contributed by atoms with E-state index in [4.69, 9.17) is 0 Å². The Morgan fingerprint density at radius 2 is 2.50 bits per heavy atom. The van der Waals surface area contributed by atoms with Crippen molar-refractivity contribution in [3.8, 4) is 0 Å². The molecule has 10 heavy (non-hydrogen) atoms. The summed E-state index contributed by atoms with van der Waals surface area (Å²) >= 11 is 0. The van der Waals surface area contributed by atoms with Crippen molar-refractivity contribution < 1.29 is 0 Å². The molecule has 2 aliphatic rings. The lowest BCUT2D eigenvalue weighted by molar-refractivity contribution is 0.517. The van der Waals surface area contributed by atoms with Gasteiger partial charge in [0.05, 0.1) is 12.7 Å². The second-order valence-electron chi connectivity index (χ2n) is 2.09. The van der Waals surface area contributed by atoms with Gasteiger partial charge in [0.2, 0.25) is 0 Å². The van der Waals surface area contributed by atoms with Gasteiger partial charge in [0.1, 0.15) is 0 Å². The van der Waals surface area contributed by atoms with E-state index in [1.807, 2.05) is 23.4 Å². The number of hydrogen-bond acceptors (Lipinski definition) is 3. The van der Waals surface area contributed by atoms with Gasteiger partial charge in [0.15, 0.2) is 5.82 Å². The first-order valence-electron chi connectivity index (χ1n) is 3.16. The monoisotopic (exact) mass is 133 g/mol. The van der Waals surface area contributed by atoms with Gasteiger partial charge in [-0.15, -0.1) is 0 Å². The third-order valence-corrected chi connectivity index (χ3v) is 1.43. The minimum Gasteiger partial charge on any atom is -0.326 e. The summed E-state index contributed by atoms with van der Waals surface area (Å²) in [5.74, 6) is 0.921. The first-order chi connectivity index (χ1) is 4.97. The van der Waals surface area contributed by atoms with Crippen LogP contribution >= 0.6 is 0 Å². The van der Waals surface area contributed by atoms with E-state index >= 15 is 0 Å². The predicted molar refractivity (Wildman–Crippen MR) is 40.9 cm³/mol. The van der Waals surface area contributed by atoms with Crippen molar-refractivity contribution in [3.63, 3.8) is 0 Å². The van der Waals surface area contributed by atoms with E-state index in [1.165, 1.54) is 0 Å². The summed E-state index contributed by atoms with van der Waals surface area (Å²) in [5, 5.41) is 0. The summed E-state index contributed by atoms with van der Waals surface area (Å²) in [4.78, 5) is 10.1. The molecule has 0 aromatic rings. The van der Waals surface area contributed by atoms with Gasteiger partial charge < -0.3 is 4.90 Å². The van der Waals surface area contributed by atoms with Gasteiger partial charge in [-0.3, -0.25) is 4.99 Å². The summed E-state index contributed by atoms with van der Waals surface area (Å²) in [6.07, 6.45) is 9.28. The van der Waals surface area contributed by atoms with Crippen molar-refractivity contribution in [2.75, 3.05) is 6.54 Å². The Balaban J connectivity index is 2.34. The lowest BCUT2D eigenvalue weighted by atomic mass is 10.4. The third-order valence-electron chi connectivity index (χ3n) is 1.43. The topological polar surface area (TPSA) is 28.0 Å². The quantitative estimate of drug-likeness (QED) is 0.479. The molecule has 0 aliphatic carbocycles. The summed E-state index contributed by atoms with van der Waals surface area (Å²) in [6, 6.07) is 0. The van der Waals surface area contributed by atoms with Crippen LogP contribution < -0.4 is 0 Å². The van der Waals surface area contributed by atoms with Gasteiger partial charge >= 0.3 is 0 Å². The van der Waals surface area contributed by atoms with Crippen molar-refractivity contribution in [2.45, 2.75) is 0 Å². The first kappa shape index (κ1) is 5.41. The van der Waals surface area contributed by atoms with Gasteiger partial charge in [0.25, 0.3) is 0 Å². The maximum Gasteiger partial charge on any atom is 0.151 e. The Hall–Kier alpha value is -1.38. The Kier molecular flexibility index (Phi) is 1.13. The number of hydrogen-bond donors (Lipinski definition) is 0. The molecule has 3 heteroatoms. The molecule has 0 N–H and O–H groups in total. The summed E-state index contributed by atoms with van der Waals surface area (Å²) in [5.41, 5.74) is 0. The fourth-order valence-electron chi connectivity index (χ4n) is 0.929. The zero-order valence-electron chi connectivity index (χ0n) is 5.44. The SMILES string of the molecule is C1=CN2CC=NC=C2N=C1. The van der Waals surface area contributed by atoms with Crippen molar-refractivity contribution in [1.29, 1.82) is 0 Å². The van der Waals surface area contributed by atoms with Crippen molar-refractivity contribution in [2.24, 2.45) is 9.98 Å². The highest BCUT2D eigenvalue weighted by Crippen LogP contribution is 2.11. The molecule has 0 saturated carbocycles. The van der Waals surface area contributed by atoms with Crippen molar-refractivity contribution in [3.05, 3.63) is 24.3 Å². The second kappa shape index (κ2) is 2.10. The van der Waals surface area contributed by atoms with Crippen LogP contribution in [0.3, 0.4) is 0 Å². The van der Waals surface area contributed by atoms with E-state index in [9.17, 15) is 0 Å². The van der Waals surface area contributed by atoms with Crippen LogP contribution in [-0.4, -0.2) is 23.9 Å². The van der Waals surface area contributed by atoms with Gasteiger partial charge in [-0.2, -0.15) is 0 Å². The van der Waals surface area contributed by atoms with Crippen LogP contribution in [0.1, 0.15) is 0 Å². The van der Waals surface area contributed by atoms with Crippen LogP contribution in [0.15, 0.2) is 34.3 Å². The standard InChI is InChI=1S/C7H7N3/c1-2-9-7-6-8-3-5-10(7)4-1/h1-4,6H,5H2. The van der Waals surface area contributed by atoms with Crippen LogP contribution in [0, 0.1) is 0 Å². The fraction of sp³-hybridized carbons (Fsp3) is 0.143. The van der Waals surface area contributed by atoms with Crippen LogP contribution in [0.5, 0.6) is 0 Å². The molecule has 50 valence electrons. The highest BCUT2D eigenvalue weighted by atomic mass is 15.2. The molecule has 0 bridgehead atoms. The summed E-state index contributed by atoms with van der Waals surface area (Å²) in [7, 11) is 0. The predicted octanol–water partition coefficient (Wildman–Crippen LogP) is 0.770. The normalized spacial score (nSPS) is 20.8. The molecule has 0 amide bonds. The average Bonchev–Trinajstić information content (AvgIpc) is 2.05. The molecule has 0 fully saturated rings. The number of allylic oxidation sites excluding steroid dienone is 1. The van der Waals surface area contributed by atoms with E-state index in [-0.39, 0.29) is 0 Å². The Bertz CT molecular complexity index is 248. The summed E-state index contributed by atoms with van der Waals surface area (Å²) in [6.45, 7) is 0.833. The molecule has 0 spiro atoms. The summed E-state index contributed by atoms with van der Waals surface area (Å²) < 4.78 is 0. The van der Waals surface area contributed by atoms with Gasteiger partial charge in [-0.25, -0.2) is 4.99 Å². The Morgan fingerprint density at radius 3 is 3.40 bits per heavy atom. The molecular weight excluding hydrogens is 126 g/mol. The maximum absolute atomic E-state index is 4.11. The zero-order chi connectivity index (χ0) is 6.81. The van der Waals surface area contributed by atoms with Crippen molar-refractivity contribution in [1.82, 2.24) is 4.90 Å². The highest BCUT2D eigenvalue weighted by Gasteiger charge is 2.07. The van der Waals surface area contributed by atoms with E-state index in [1.54, 1.807) is 12.4 Å². The highest BCUT2D eigenvalue weighted by molar-refractivity contribution is 5.74. The first-order valence-corrected chi connectivity index (χ1v) is 3.16. The number of fused-ring (bicyclic) bond motifs is 1. The van der Waals surface area contributed by atoms with Gasteiger partial charge in [-0.1, -0.05) is 0 Å². The van der Waals surface area contributed by atoms with E-state index in [0.717, 1.165) is 12.4 Å². The fourth-order valence-corrected chi connectivity index (χ4v) is 0.929. The van der Waals surface area contributed by atoms with Gasteiger partial charge in [0, 0.05) is 18.6 Å². The number of rotatable bonds is 0. The minimum absolute atomic E-state index is 0.833. The molecule has 0 aromatic heterocycles. The molecule has 2 aliphatic heterocycles. The molecule has 0 unspecified atom stereocenters. The third kappa shape index (κ3) is 0.757. The van der Waals surface area contributed by atoms with Gasteiger partial charge in [-0.05, 0) is 6.08 Å². The number of aliphatic imine (C=N–C) groups is 2. The van der Waals surface area contributed by atoms with Crippen molar-refractivity contribution >= 4 is 12.4 Å². The molecule has 3 nitrogen and oxygen atoms in total. The smallest absolute Gasteiger partial charge is 0.151 e. The molecular formula is C7H7N3. The molecule has 0 saturated heterocycles. The van der Waals surface area contributed by atoms with E-state index in [2.05, 4.69) is 9.98 Å². The van der Waals surface area contributed by atoms with Crippen LogP contribution in [0.25, 0.3) is 0 Å². The molecule has 2 heterocycles. The second-order valence-corrected chi connectivity index (χ2v) is 2.09. The lowest BCUT2D eigenvalue weighted by Gasteiger charge is -2.21. The largest absolute Gasteiger partial charge is 0.326 e. The average molecular weight is 133 g/mol. The lowest BCUT2D eigenvalue weighted by Crippen LogP contribution is -2.22. The van der Waals surface area contributed by atoms with Crippen LogP contribution in [-0.2, 0) is 0 Å². The number of nitrogens with zero attached hydrogens (tertiary/aromatic N) is 3. The Labute approximate surface area is 59.1 Å². The molecule has 2 rings (SSSR count). The zero-order valence-corrected chi connectivity index (χ0v) is 5.44. The van der Waals surface area contributed by atoms with Crippen LogP contribution in [0.4, 0.5) is 0 Å². The molecule has 0 aromatic carbocycles. The molecule has 0 radical (unpaired) electrons. The minimum atomic E-state index is 0.833. The molecule has 0 atom stereocenters. The maximum atomic E-state index is 4.11. The van der Waals surface area contributed by atoms with E-state index < -0.39 is 0 Å². The Morgan fingerprint density at radius 1 is 1.50 bits per heavy atom.